The van der Waals surface area contributed by atoms with Crippen LogP contribution >= 0.6 is 0 Å². The van der Waals surface area contributed by atoms with E-state index in [0.717, 1.165) is 25.7 Å². The average molecular weight is 315 g/mol. The summed E-state index contributed by atoms with van der Waals surface area (Å²) in [4.78, 5) is 39.1. The second-order valence-electron chi connectivity index (χ2n) is 6.46. The SMILES string of the molecule is CC(=O)Nc1ccc2[nH]c(=O)n(C3CCC(C)CC3)c(=O)c2c1. The van der Waals surface area contributed by atoms with Crippen LogP contribution in [0.3, 0.4) is 0 Å². The first-order valence-corrected chi connectivity index (χ1v) is 8.02. The largest absolute Gasteiger partial charge is 0.329 e. The third kappa shape index (κ3) is 3.06. The van der Waals surface area contributed by atoms with E-state index in [2.05, 4.69) is 17.2 Å². The van der Waals surface area contributed by atoms with Crippen LogP contribution in [-0.2, 0) is 4.79 Å². The number of hydrogen-bond donors (Lipinski definition) is 2. The molecule has 0 bridgehead atoms. The minimum absolute atomic E-state index is 0.0451. The van der Waals surface area contributed by atoms with Crippen molar-refractivity contribution >= 4 is 22.5 Å². The van der Waals surface area contributed by atoms with Gasteiger partial charge in [-0.1, -0.05) is 6.92 Å². The first-order valence-electron chi connectivity index (χ1n) is 8.02. The molecule has 1 saturated carbocycles. The number of nitrogens with zero attached hydrogens (tertiary/aromatic N) is 1. The van der Waals surface area contributed by atoms with Gasteiger partial charge in [0.1, 0.15) is 0 Å². The van der Waals surface area contributed by atoms with Gasteiger partial charge >= 0.3 is 5.69 Å². The zero-order valence-electron chi connectivity index (χ0n) is 13.4. The van der Waals surface area contributed by atoms with Gasteiger partial charge in [0.05, 0.1) is 10.9 Å². The number of hydrogen-bond acceptors (Lipinski definition) is 3. The van der Waals surface area contributed by atoms with Gasteiger partial charge in [0.25, 0.3) is 5.56 Å². The van der Waals surface area contributed by atoms with E-state index in [0.29, 0.717) is 22.5 Å². The molecule has 0 unspecified atom stereocenters. The van der Waals surface area contributed by atoms with Crippen molar-refractivity contribution in [1.29, 1.82) is 0 Å². The predicted molar refractivity (Wildman–Crippen MR) is 89.8 cm³/mol. The number of carbonyl (C=O) groups excluding carboxylic acids is 1. The highest BCUT2D eigenvalue weighted by atomic mass is 16.2. The molecular formula is C17H21N3O3. The van der Waals surface area contributed by atoms with Gasteiger partial charge in [-0.25, -0.2) is 4.79 Å². The number of amides is 1. The normalized spacial score (nSPS) is 21.3. The molecule has 23 heavy (non-hydrogen) atoms. The summed E-state index contributed by atoms with van der Waals surface area (Å²) in [7, 11) is 0. The highest BCUT2D eigenvalue weighted by Crippen LogP contribution is 2.30. The van der Waals surface area contributed by atoms with Crippen LogP contribution in [0.1, 0.15) is 45.6 Å². The fourth-order valence-electron chi connectivity index (χ4n) is 3.34. The van der Waals surface area contributed by atoms with Gasteiger partial charge in [0, 0.05) is 18.7 Å². The van der Waals surface area contributed by atoms with Crippen molar-refractivity contribution in [3.8, 4) is 0 Å². The van der Waals surface area contributed by atoms with E-state index in [4.69, 9.17) is 0 Å². The standard InChI is InChI=1S/C17H21N3O3/c1-10-3-6-13(7-4-10)20-16(22)14-9-12(18-11(2)21)5-8-15(14)19-17(20)23/h5,8-10,13H,3-4,6-7H2,1-2H3,(H,18,21)(H,19,23). The van der Waals surface area contributed by atoms with Gasteiger partial charge in [0.15, 0.2) is 0 Å². The summed E-state index contributed by atoms with van der Waals surface area (Å²) in [6.07, 6.45) is 3.75. The minimum Gasteiger partial charge on any atom is -0.326 e. The fourth-order valence-corrected chi connectivity index (χ4v) is 3.34. The lowest BCUT2D eigenvalue weighted by molar-refractivity contribution is -0.114. The molecule has 1 fully saturated rings. The summed E-state index contributed by atoms with van der Waals surface area (Å²) in [5, 5.41) is 3.09. The van der Waals surface area contributed by atoms with E-state index in [1.165, 1.54) is 11.5 Å². The van der Waals surface area contributed by atoms with Gasteiger partial charge in [-0.3, -0.25) is 14.2 Å². The van der Waals surface area contributed by atoms with E-state index < -0.39 is 0 Å². The Morgan fingerprint density at radius 3 is 2.57 bits per heavy atom. The molecule has 2 N–H and O–H groups in total. The van der Waals surface area contributed by atoms with Crippen molar-refractivity contribution in [2.24, 2.45) is 5.92 Å². The molecule has 6 heteroatoms. The number of fused-ring (bicyclic) bond motifs is 1. The first-order chi connectivity index (χ1) is 11.0. The highest BCUT2D eigenvalue weighted by Gasteiger charge is 2.23. The Labute approximate surface area is 133 Å². The first kappa shape index (κ1) is 15.5. The molecule has 0 aliphatic heterocycles. The molecular weight excluding hydrogens is 294 g/mol. The van der Waals surface area contributed by atoms with Crippen LogP contribution in [0.15, 0.2) is 27.8 Å². The van der Waals surface area contributed by atoms with E-state index in [9.17, 15) is 14.4 Å². The van der Waals surface area contributed by atoms with E-state index in [1.54, 1.807) is 18.2 Å². The van der Waals surface area contributed by atoms with Crippen molar-refractivity contribution in [1.82, 2.24) is 9.55 Å². The number of anilines is 1. The molecule has 0 saturated heterocycles. The summed E-state index contributed by atoms with van der Waals surface area (Å²) in [6, 6.07) is 4.90. The highest BCUT2D eigenvalue weighted by molar-refractivity contribution is 5.91. The summed E-state index contributed by atoms with van der Waals surface area (Å²) >= 11 is 0. The van der Waals surface area contributed by atoms with Crippen LogP contribution < -0.4 is 16.6 Å². The van der Waals surface area contributed by atoms with Crippen LogP contribution in [0.25, 0.3) is 10.9 Å². The Balaban J connectivity index is 2.09. The number of nitrogens with one attached hydrogen (secondary N) is 2. The number of benzene rings is 1. The molecule has 0 radical (unpaired) electrons. The monoisotopic (exact) mass is 315 g/mol. The molecule has 6 nitrogen and oxygen atoms in total. The molecule has 1 aliphatic rings. The van der Waals surface area contributed by atoms with Crippen LogP contribution in [0.2, 0.25) is 0 Å². The van der Waals surface area contributed by atoms with Crippen molar-refractivity contribution in [3.05, 3.63) is 39.0 Å². The average Bonchev–Trinajstić information content (AvgIpc) is 2.49. The maximum absolute atomic E-state index is 12.8. The van der Waals surface area contributed by atoms with Crippen molar-refractivity contribution in [2.45, 2.75) is 45.6 Å². The van der Waals surface area contributed by atoms with E-state index >= 15 is 0 Å². The van der Waals surface area contributed by atoms with E-state index in [1.807, 2.05) is 0 Å². The second kappa shape index (κ2) is 6.02. The van der Waals surface area contributed by atoms with Gasteiger partial charge in [-0.15, -0.1) is 0 Å². The summed E-state index contributed by atoms with van der Waals surface area (Å²) in [5.74, 6) is 0.447. The molecule has 2 aromatic rings. The van der Waals surface area contributed by atoms with Crippen LogP contribution in [0.4, 0.5) is 5.69 Å². The number of aromatic amines is 1. The topological polar surface area (TPSA) is 84.0 Å². The molecule has 1 aromatic heterocycles. The maximum Gasteiger partial charge on any atom is 0.329 e. The molecule has 1 aromatic carbocycles. The zero-order chi connectivity index (χ0) is 16.6. The van der Waals surface area contributed by atoms with Crippen molar-refractivity contribution in [2.75, 3.05) is 5.32 Å². The van der Waals surface area contributed by atoms with Crippen molar-refractivity contribution in [3.63, 3.8) is 0 Å². The number of rotatable bonds is 2. The molecule has 0 spiro atoms. The third-order valence-electron chi connectivity index (χ3n) is 4.60. The minimum atomic E-state index is -0.352. The Morgan fingerprint density at radius 2 is 1.91 bits per heavy atom. The lowest BCUT2D eigenvalue weighted by Crippen LogP contribution is -2.39. The van der Waals surface area contributed by atoms with Gasteiger partial charge in [-0.05, 0) is 49.8 Å². The lowest BCUT2D eigenvalue weighted by Gasteiger charge is -2.27. The molecule has 0 atom stereocenters. The maximum atomic E-state index is 12.8. The molecule has 1 aliphatic carbocycles. The van der Waals surface area contributed by atoms with Crippen LogP contribution in [0, 0.1) is 5.92 Å². The fraction of sp³-hybridized carbons (Fsp3) is 0.471. The Hall–Kier alpha value is -2.37. The zero-order valence-corrected chi connectivity index (χ0v) is 13.4. The Kier molecular flexibility index (Phi) is 4.07. The second-order valence-corrected chi connectivity index (χ2v) is 6.46. The molecule has 122 valence electrons. The molecule has 1 heterocycles. The van der Waals surface area contributed by atoms with Crippen molar-refractivity contribution < 1.29 is 4.79 Å². The van der Waals surface area contributed by atoms with Gasteiger partial charge in [0.2, 0.25) is 5.91 Å². The molecule has 1 amide bonds. The van der Waals surface area contributed by atoms with Gasteiger partial charge < -0.3 is 10.3 Å². The lowest BCUT2D eigenvalue weighted by atomic mass is 9.87. The number of carbonyl (C=O) groups is 1. The number of aromatic nitrogens is 2. The predicted octanol–water partition coefficient (Wildman–Crippen LogP) is 2.40. The quantitative estimate of drug-likeness (QED) is 0.892. The van der Waals surface area contributed by atoms with E-state index in [-0.39, 0.29) is 23.2 Å². The van der Waals surface area contributed by atoms with Gasteiger partial charge in [-0.2, -0.15) is 0 Å². The summed E-state index contributed by atoms with van der Waals surface area (Å²) in [6.45, 7) is 3.61. The Bertz CT molecular complexity index is 857. The van der Waals surface area contributed by atoms with Crippen LogP contribution in [-0.4, -0.2) is 15.5 Å². The summed E-state index contributed by atoms with van der Waals surface area (Å²) < 4.78 is 1.35. The summed E-state index contributed by atoms with van der Waals surface area (Å²) in [5.41, 5.74) is 0.414. The third-order valence-corrected chi connectivity index (χ3v) is 4.60. The smallest absolute Gasteiger partial charge is 0.326 e. The van der Waals surface area contributed by atoms with Crippen LogP contribution in [0.5, 0.6) is 0 Å². The number of H-pyrrole nitrogens is 1. The molecule has 3 rings (SSSR count). The Morgan fingerprint density at radius 1 is 1.22 bits per heavy atom.